The van der Waals surface area contributed by atoms with Crippen molar-refractivity contribution >= 4 is 25.3 Å². The molecule has 1 nitrogen and oxygen atoms in total. The maximum atomic E-state index is 4.99. The van der Waals surface area contributed by atoms with Crippen molar-refractivity contribution < 1.29 is 4.74 Å². The largest absolute Gasteiger partial charge is 0.496 e. The minimum atomic E-state index is 0.779. The van der Waals surface area contributed by atoms with Crippen LogP contribution in [0.3, 0.4) is 0 Å². The van der Waals surface area contributed by atoms with Gasteiger partial charge in [0, 0.05) is 9.79 Å². The van der Waals surface area contributed by atoms with Crippen LogP contribution in [0.15, 0.2) is 28.0 Å². The molecule has 0 atom stereocenters. The van der Waals surface area contributed by atoms with Gasteiger partial charge < -0.3 is 4.74 Å². The molecular formula is C7H8OS2. The van der Waals surface area contributed by atoms with Crippen LogP contribution in [-0.4, -0.2) is 7.11 Å². The summed E-state index contributed by atoms with van der Waals surface area (Å²) >= 11 is 8.31. The zero-order valence-corrected chi connectivity index (χ0v) is 7.32. The first-order valence-corrected chi connectivity index (χ1v) is 3.69. The van der Waals surface area contributed by atoms with Gasteiger partial charge in [-0.1, -0.05) is 0 Å². The summed E-state index contributed by atoms with van der Waals surface area (Å²) in [6, 6.07) is 5.54. The molecule has 0 amide bonds. The molecule has 0 aliphatic rings. The Morgan fingerprint density at radius 3 is 2.50 bits per heavy atom. The van der Waals surface area contributed by atoms with Crippen molar-refractivity contribution in [3.63, 3.8) is 0 Å². The van der Waals surface area contributed by atoms with Crippen LogP contribution in [0.5, 0.6) is 5.75 Å². The second kappa shape index (κ2) is 3.21. The number of thiol groups is 2. The Bertz CT molecular complexity index is 235. The number of benzene rings is 1. The van der Waals surface area contributed by atoms with Crippen molar-refractivity contribution in [3.8, 4) is 5.75 Å². The molecule has 0 N–H and O–H groups in total. The quantitative estimate of drug-likeness (QED) is 0.618. The minimum Gasteiger partial charge on any atom is -0.496 e. The second-order valence-corrected chi connectivity index (χ2v) is 2.85. The molecule has 0 bridgehead atoms. The zero-order chi connectivity index (χ0) is 7.56. The maximum absolute atomic E-state index is 4.99. The average molecular weight is 172 g/mol. The lowest BCUT2D eigenvalue weighted by Gasteiger charge is -2.02. The van der Waals surface area contributed by atoms with Crippen molar-refractivity contribution in [3.05, 3.63) is 18.2 Å². The van der Waals surface area contributed by atoms with E-state index in [-0.39, 0.29) is 0 Å². The van der Waals surface area contributed by atoms with Gasteiger partial charge in [-0.3, -0.25) is 0 Å². The van der Waals surface area contributed by atoms with Gasteiger partial charge in [0.1, 0.15) is 5.75 Å². The molecule has 0 spiro atoms. The molecule has 0 saturated carbocycles. The molecule has 1 rings (SSSR count). The van der Waals surface area contributed by atoms with E-state index in [0.717, 1.165) is 15.5 Å². The number of hydrogen-bond donors (Lipinski definition) is 2. The van der Waals surface area contributed by atoms with Crippen LogP contribution in [0.1, 0.15) is 0 Å². The fourth-order valence-electron chi connectivity index (χ4n) is 0.678. The summed E-state index contributed by atoms with van der Waals surface area (Å²) in [5.41, 5.74) is 0. The molecular weight excluding hydrogens is 164 g/mol. The van der Waals surface area contributed by atoms with Crippen LogP contribution in [0, 0.1) is 0 Å². The topological polar surface area (TPSA) is 9.23 Å². The fourth-order valence-corrected chi connectivity index (χ4v) is 1.29. The number of hydrogen-bond acceptors (Lipinski definition) is 3. The van der Waals surface area contributed by atoms with Crippen LogP contribution in [0.2, 0.25) is 0 Å². The Labute approximate surface area is 71.2 Å². The van der Waals surface area contributed by atoms with Crippen LogP contribution < -0.4 is 4.74 Å². The van der Waals surface area contributed by atoms with E-state index < -0.39 is 0 Å². The van der Waals surface area contributed by atoms with Crippen molar-refractivity contribution in [2.75, 3.05) is 7.11 Å². The summed E-state index contributed by atoms with van der Waals surface area (Å²) in [7, 11) is 1.62. The van der Waals surface area contributed by atoms with Gasteiger partial charge >= 0.3 is 0 Å². The number of rotatable bonds is 1. The third-order valence-electron chi connectivity index (χ3n) is 1.16. The minimum absolute atomic E-state index is 0.779. The average Bonchev–Trinajstić information content (AvgIpc) is 1.88. The Morgan fingerprint density at radius 1 is 1.30 bits per heavy atom. The van der Waals surface area contributed by atoms with E-state index in [4.69, 9.17) is 4.74 Å². The highest BCUT2D eigenvalue weighted by atomic mass is 32.1. The molecule has 0 aromatic heterocycles. The van der Waals surface area contributed by atoms with Crippen LogP contribution in [0.4, 0.5) is 0 Å². The van der Waals surface area contributed by atoms with E-state index >= 15 is 0 Å². The van der Waals surface area contributed by atoms with Crippen molar-refractivity contribution in [1.29, 1.82) is 0 Å². The molecule has 1 aromatic rings. The van der Waals surface area contributed by atoms with E-state index in [1.807, 2.05) is 18.2 Å². The fraction of sp³-hybridized carbons (Fsp3) is 0.143. The van der Waals surface area contributed by atoms with Crippen molar-refractivity contribution in [2.24, 2.45) is 0 Å². The summed E-state index contributed by atoms with van der Waals surface area (Å²) in [6.07, 6.45) is 0. The monoisotopic (exact) mass is 172 g/mol. The highest BCUT2D eigenvalue weighted by Crippen LogP contribution is 2.24. The SMILES string of the molecule is COc1ccc(S)cc1S. The molecule has 0 saturated heterocycles. The maximum Gasteiger partial charge on any atom is 0.132 e. The molecule has 10 heavy (non-hydrogen) atoms. The predicted molar refractivity (Wildman–Crippen MR) is 47.5 cm³/mol. The Hall–Kier alpha value is -0.280. The molecule has 0 aliphatic carbocycles. The third-order valence-corrected chi connectivity index (χ3v) is 1.79. The number of ether oxygens (including phenoxy) is 1. The molecule has 1 aromatic carbocycles. The molecule has 3 heteroatoms. The van der Waals surface area contributed by atoms with E-state index in [9.17, 15) is 0 Å². The van der Waals surface area contributed by atoms with Crippen molar-refractivity contribution in [2.45, 2.75) is 9.79 Å². The van der Waals surface area contributed by atoms with E-state index in [1.54, 1.807) is 7.11 Å². The molecule has 0 unspecified atom stereocenters. The first-order chi connectivity index (χ1) is 4.74. The van der Waals surface area contributed by atoms with Gasteiger partial charge in [-0.2, -0.15) is 0 Å². The standard InChI is InChI=1S/C7H8OS2/c1-8-6-3-2-5(9)4-7(6)10/h2-4,9-10H,1H3. The summed E-state index contributed by atoms with van der Waals surface area (Å²) in [6.45, 7) is 0. The van der Waals surface area contributed by atoms with E-state index in [2.05, 4.69) is 25.3 Å². The van der Waals surface area contributed by atoms with Crippen LogP contribution in [-0.2, 0) is 0 Å². The number of methoxy groups -OCH3 is 1. The van der Waals surface area contributed by atoms with Gasteiger partial charge in [0.05, 0.1) is 7.11 Å². The second-order valence-electron chi connectivity index (χ2n) is 1.86. The lowest BCUT2D eigenvalue weighted by molar-refractivity contribution is 0.404. The van der Waals surface area contributed by atoms with Gasteiger partial charge in [-0.15, -0.1) is 25.3 Å². The summed E-state index contributed by atoms with van der Waals surface area (Å²) in [5.74, 6) is 0.779. The first-order valence-electron chi connectivity index (χ1n) is 2.80. The van der Waals surface area contributed by atoms with Gasteiger partial charge in [0.25, 0.3) is 0 Å². The molecule has 0 radical (unpaired) electrons. The molecule has 0 heterocycles. The summed E-state index contributed by atoms with van der Waals surface area (Å²) in [4.78, 5) is 1.71. The van der Waals surface area contributed by atoms with Crippen molar-refractivity contribution in [1.82, 2.24) is 0 Å². The Kier molecular flexibility index (Phi) is 2.51. The first kappa shape index (κ1) is 7.82. The van der Waals surface area contributed by atoms with Gasteiger partial charge in [0.15, 0.2) is 0 Å². The zero-order valence-electron chi connectivity index (χ0n) is 5.53. The lowest BCUT2D eigenvalue weighted by atomic mass is 10.3. The van der Waals surface area contributed by atoms with Gasteiger partial charge in [-0.25, -0.2) is 0 Å². The van der Waals surface area contributed by atoms with Crippen LogP contribution in [0.25, 0.3) is 0 Å². The van der Waals surface area contributed by atoms with Crippen LogP contribution >= 0.6 is 25.3 Å². The van der Waals surface area contributed by atoms with E-state index in [0.29, 0.717) is 0 Å². The Morgan fingerprint density at radius 2 is 2.00 bits per heavy atom. The highest BCUT2D eigenvalue weighted by Gasteiger charge is 1.96. The lowest BCUT2D eigenvalue weighted by Crippen LogP contribution is -1.83. The van der Waals surface area contributed by atoms with Gasteiger partial charge in [-0.05, 0) is 18.2 Å². The Balaban J connectivity index is 3.07. The third kappa shape index (κ3) is 1.61. The normalized spacial score (nSPS) is 9.50. The predicted octanol–water partition coefficient (Wildman–Crippen LogP) is 2.27. The molecule has 0 fully saturated rings. The summed E-state index contributed by atoms with van der Waals surface area (Å²) in [5, 5.41) is 0. The molecule has 54 valence electrons. The van der Waals surface area contributed by atoms with Gasteiger partial charge in [0.2, 0.25) is 0 Å². The summed E-state index contributed by atoms with van der Waals surface area (Å²) < 4.78 is 4.99. The smallest absolute Gasteiger partial charge is 0.132 e. The molecule has 0 aliphatic heterocycles. The van der Waals surface area contributed by atoms with E-state index in [1.165, 1.54) is 0 Å². The highest BCUT2D eigenvalue weighted by molar-refractivity contribution is 7.81.